The second kappa shape index (κ2) is 6.85. The molecule has 0 unspecified atom stereocenters. The third kappa shape index (κ3) is 3.91. The Morgan fingerprint density at radius 1 is 1.00 bits per heavy atom. The van der Waals surface area contributed by atoms with Gasteiger partial charge in [-0.3, -0.25) is 0 Å². The van der Waals surface area contributed by atoms with E-state index in [1.165, 1.54) is 12.1 Å². The molecule has 6 heteroatoms. The summed E-state index contributed by atoms with van der Waals surface area (Å²) in [4.78, 5) is 0. The summed E-state index contributed by atoms with van der Waals surface area (Å²) in [6, 6.07) is 9.52. The van der Waals surface area contributed by atoms with E-state index < -0.39 is 12.4 Å². The predicted molar refractivity (Wildman–Crippen MR) is 79.3 cm³/mol. The lowest BCUT2D eigenvalue weighted by Crippen LogP contribution is -2.36. The quantitative estimate of drug-likeness (QED) is 0.573. The fourth-order valence-corrected chi connectivity index (χ4v) is 2.23. The Hall–Kier alpha value is -1.69. The van der Waals surface area contributed by atoms with E-state index >= 15 is 0 Å². The lowest BCUT2D eigenvalue weighted by molar-refractivity contribution is 0.131. The van der Waals surface area contributed by atoms with Gasteiger partial charge in [0, 0.05) is 19.6 Å². The molecule has 114 valence electrons. The van der Waals surface area contributed by atoms with E-state index in [0.29, 0.717) is 25.0 Å². The molecule has 0 aromatic heterocycles. The fraction of sp³-hybridized carbons (Fsp3) is 0.333. The van der Waals surface area contributed by atoms with Gasteiger partial charge >= 0.3 is 6.98 Å². The summed E-state index contributed by atoms with van der Waals surface area (Å²) in [5, 5.41) is 0.751. The van der Waals surface area contributed by atoms with Crippen LogP contribution in [0.15, 0.2) is 36.4 Å². The predicted octanol–water partition coefficient (Wildman–Crippen LogP) is 3.70. The van der Waals surface area contributed by atoms with Gasteiger partial charge < -0.3 is 22.4 Å². The first-order chi connectivity index (χ1) is 10.0. The van der Waals surface area contributed by atoms with E-state index in [-0.39, 0.29) is 17.7 Å². The molecule has 2 aromatic carbocycles. The number of halogens is 3. The minimum atomic E-state index is -5.13. The zero-order valence-electron chi connectivity index (χ0n) is 11.8. The Labute approximate surface area is 121 Å². The average Bonchev–Trinajstić information content (AvgIpc) is 2.45. The fourth-order valence-electron chi connectivity index (χ4n) is 2.23. The van der Waals surface area contributed by atoms with Crippen LogP contribution in [0.3, 0.4) is 0 Å². The van der Waals surface area contributed by atoms with Crippen LogP contribution < -0.4 is 10.2 Å². The highest BCUT2D eigenvalue weighted by Gasteiger charge is 2.31. The number of benzene rings is 2. The smallest absolute Gasteiger partial charge is 0.496 e. The number of fused-ring (bicyclic) bond motifs is 1. The van der Waals surface area contributed by atoms with Gasteiger partial charge in [0.2, 0.25) is 0 Å². The van der Waals surface area contributed by atoms with Crippen LogP contribution in [0.2, 0.25) is 0 Å². The van der Waals surface area contributed by atoms with Crippen molar-refractivity contribution in [2.45, 2.75) is 13.3 Å². The Bertz CT molecular complexity index is 599. The minimum absolute atomic E-state index is 0.0994. The Morgan fingerprint density at radius 2 is 1.76 bits per heavy atom. The molecule has 0 saturated carbocycles. The van der Waals surface area contributed by atoms with Crippen LogP contribution >= 0.6 is 0 Å². The maximum Gasteiger partial charge on any atom is 0.513 e. The van der Waals surface area contributed by atoms with E-state index in [2.05, 4.69) is 0 Å². The molecule has 0 aliphatic heterocycles. The molecule has 0 amide bonds. The lowest BCUT2D eigenvalue weighted by atomic mass is 9.76. The largest absolute Gasteiger partial charge is 0.513 e. The standard InChI is InChI=1S/C15H17BF3O2/c1-2-20-10-5-11-21-14-9-8-12-6-3-4-7-13(12)15(14)16(17,18)19/h3-4,6-9H,2,5,10-11H2,1H3/q-1. The zero-order valence-corrected chi connectivity index (χ0v) is 11.8. The number of hydrogen-bond donors (Lipinski definition) is 0. The van der Waals surface area contributed by atoms with E-state index in [0.717, 1.165) is 0 Å². The molecule has 0 bridgehead atoms. The van der Waals surface area contributed by atoms with Gasteiger partial charge in [0.05, 0.1) is 12.4 Å². The molecule has 0 fully saturated rings. The van der Waals surface area contributed by atoms with Gasteiger partial charge in [0.25, 0.3) is 0 Å². The molecule has 0 N–H and O–H groups in total. The van der Waals surface area contributed by atoms with E-state index in [4.69, 9.17) is 9.47 Å². The Morgan fingerprint density at radius 3 is 2.48 bits per heavy atom. The van der Waals surface area contributed by atoms with Crippen LogP contribution in [-0.4, -0.2) is 26.8 Å². The topological polar surface area (TPSA) is 18.5 Å². The number of hydrogen-bond acceptors (Lipinski definition) is 2. The van der Waals surface area contributed by atoms with Crippen LogP contribution in [0.4, 0.5) is 12.9 Å². The van der Waals surface area contributed by atoms with Crippen molar-refractivity contribution in [3.05, 3.63) is 36.4 Å². The molecule has 0 radical (unpaired) electrons. The lowest BCUT2D eigenvalue weighted by Gasteiger charge is -2.22. The van der Waals surface area contributed by atoms with Crippen LogP contribution in [0, 0.1) is 0 Å². The molecule has 21 heavy (non-hydrogen) atoms. The number of ether oxygens (including phenoxy) is 2. The highest BCUT2D eigenvalue weighted by Crippen LogP contribution is 2.25. The minimum Gasteiger partial charge on any atom is -0.496 e. The zero-order chi connectivity index (χ0) is 15.3. The van der Waals surface area contributed by atoms with Crippen molar-refractivity contribution in [3.8, 4) is 5.75 Å². The molecule has 0 saturated heterocycles. The third-order valence-electron chi connectivity index (χ3n) is 3.15. The Balaban J connectivity index is 2.26. The molecular weight excluding hydrogens is 280 g/mol. The van der Waals surface area contributed by atoms with E-state index in [1.807, 2.05) is 6.92 Å². The second-order valence-corrected chi connectivity index (χ2v) is 4.67. The van der Waals surface area contributed by atoms with Crippen LogP contribution in [0.5, 0.6) is 5.75 Å². The van der Waals surface area contributed by atoms with Gasteiger partial charge in [-0.2, -0.15) is 0 Å². The third-order valence-corrected chi connectivity index (χ3v) is 3.15. The summed E-state index contributed by atoms with van der Waals surface area (Å²) in [6.07, 6.45) is 0.560. The number of rotatable bonds is 7. The maximum atomic E-state index is 13.4. The van der Waals surface area contributed by atoms with Crippen molar-refractivity contribution in [1.82, 2.24) is 0 Å². The normalized spacial score (nSPS) is 11.8. The monoisotopic (exact) mass is 297 g/mol. The van der Waals surface area contributed by atoms with Crippen molar-refractivity contribution >= 4 is 23.2 Å². The first-order valence-electron chi connectivity index (χ1n) is 6.96. The summed E-state index contributed by atoms with van der Waals surface area (Å²) < 4.78 is 50.6. The van der Waals surface area contributed by atoms with Gasteiger partial charge in [0.1, 0.15) is 0 Å². The van der Waals surface area contributed by atoms with Gasteiger partial charge in [-0.15, -0.1) is 0 Å². The van der Waals surface area contributed by atoms with Crippen molar-refractivity contribution in [3.63, 3.8) is 0 Å². The van der Waals surface area contributed by atoms with Crippen LogP contribution in [0.25, 0.3) is 10.8 Å². The molecule has 2 rings (SSSR count). The maximum absolute atomic E-state index is 13.4. The molecule has 2 aromatic rings. The molecule has 0 aliphatic rings. The summed E-state index contributed by atoms with van der Waals surface area (Å²) in [5.74, 6) is -0.0994. The first kappa shape index (κ1) is 15.7. The summed E-state index contributed by atoms with van der Waals surface area (Å²) in [7, 11) is 0. The van der Waals surface area contributed by atoms with Crippen LogP contribution in [-0.2, 0) is 4.74 Å². The highest BCUT2D eigenvalue weighted by atomic mass is 19.4. The van der Waals surface area contributed by atoms with Crippen molar-refractivity contribution in [1.29, 1.82) is 0 Å². The van der Waals surface area contributed by atoms with Crippen LogP contribution in [0.1, 0.15) is 13.3 Å². The van der Waals surface area contributed by atoms with Gasteiger partial charge in [-0.1, -0.05) is 35.8 Å². The van der Waals surface area contributed by atoms with Crippen molar-refractivity contribution < 1.29 is 22.4 Å². The average molecular weight is 297 g/mol. The second-order valence-electron chi connectivity index (χ2n) is 4.67. The summed E-state index contributed by atoms with van der Waals surface area (Å²) >= 11 is 0. The van der Waals surface area contributed by atoms with E-state index in [1.54, 1.807) is 24.3 Å². The van der Waals surface area contributed by atoms with E-state index in [9.17, 15) is 12.9 Å². The SMILES string of the molecule is CCOCCCOc1ccc2ccccc2c1[B-](F)(F)F. The van der Waals surface area contributed by atoms with Crippen molar-refractivity contribution in [2.75, 3.05) is 19.8 Å². The molecular formula is C15H17BF3O2-. The molecule has 0 heterocycles. The highest BCUT2D eigenvalue weighted by molar-refractivity contribution is 6.76. The first-order valence-corrected chi connectivity index (χ1v) is 6.96. The van der Waals surface area contributed by atoms with Gasteiger partial charge in [-0.05, 0) is 23.8 Å². The van der Waals surface area contributed by atoms with Crippen molar-refractivity contribution in [2.24, 2.45) is 0 Å². The molecule has 0 atom stereocenters. The molecule has 2 nitrogen and oxygen atoms in total. The Kier molecular flexibility index (Phi) is 5.12. The van der Waals surface area contributed by atoms with Gasteiger partial charge in [0.15, 0.2) is 0 Å². The summed E-state index contributed by atoms with van der Waals surface area (Å²) in [5.41, 5.74) is -0.649. The van der Waals surface area contributed by atoms with Gasteiger partial charge in [-0.25, -0.2) is 0 Å². The molecule has 0 spiro atoms. The molecule has 0 aliphatic carbocycles. The summed E-state index contributed by atoms with van der Waals surface area (Å²) in [6.45, 7) is -1.99.